The molecule has 0 spiro atoms. The number of carbonyl (C=O) groups excluding carboxylic acids is 2. The predicted molar refractivity (Wildman–Crippen MR) is 179 cm³/mol. The number of aromatic carboxylic acids is 1. The first kappa shape index (κ1) is 35.9. The Labute approximate surface area is 294 Å². The quantitative estimate of drug-likeness (QED) is 0.121. The molecule has 3 atom stereocenters. The number of rotatable bonds is 10. The third-order valence-electron chi connectivity index (χ3n) is 8.66. The van der Waals surface area contributed by atoms with Gasteiger partial charge in [-0.3, -0.25) is 9.69 Å². The maximum absolute atomic E-state index is 15.5. The average Bonchev–Trinajstić information content (AvgIpc) is 3.73. The molecule has 1 fully saturated rings. The number of fused-ring (bicyclic) bond motifs is 2. The summed E-state index contributed by atoms with van der Waals surface area (Å²) in [5, 5.41) is 15.1. The molecule has 52 heavy (non-hydrogen) atoms. The van der Waals surface area contributed by atoms with Crippen LogP contribution < -0.4 is 20.1 Å². The van der Waals surface area contributed by atoms with Gasteiger partial charge in [0.15, 0.2) is 0 Å². The summed E-state index contributed by atoms with van der Waals surface area (Å²) in [7, 11) is -4.46. The zero-order chi connectivity index (χ0) is 37.4. The van der Waals surface area contributed by atoms with Gasteiger partial charge in [-0.2, -0.15) is 13.2 Å². The van der Waals surface area contributed by atoms with Crippen LogP contribution in [0.2, 0.25) is 0 Å². The molecule has 4 aromatic rings. The Hall–Kier alpha value is -5.90. The average molecular weight is 740 g/mol. The molecule has 0 saturated carbocycles. The fraction of sp³-hybridized carbons (Fsp3) is 0.194. The number of hydrogen-bond donors (Lipinski definition) is 3. The fourth-order valence-electron chi connectivity index (χ4n) is 6.14. The van der Waals surface area contributed by atoms with Crippen molar-refractivity contribution in [3.63, 3.8) is 0 Å². The van der Waals surface area contributed by atoms with Crippen molar-refractivity contribution in [3.8, 4) is 22.6 Å². The van der Waals surface area contributed by atoms with Crippen molar-refractivity contribution in [1.29, 1.82) is 0 Å². The lowest BCUT2D eigenvalue weighted by Gasteiger charge is -2.33. The Bertz CT molecular complexity index is 2200. The Kier molecular flexibility index (Phi) is 9.68. The summed E-state index contributed by atoms with van der Waals surface area (Å²) in [5.41, 5.74) is -5.37. The number of nitrogens with one attached hydrogen (secondary N) is 2. The number of urea groups is 1. The third kappa shape index (κ3) is 7.01. The van der Waals surface area contributed by atoms with E-state index in [4.69, 9.17) is 9.47 Å². The zero-order valence-corrected chi connectivity index (χ0v) is 27.9. The number of halogens is 4. The molecule has 1 aliphatic carbocycles. The largest absolute Gasteiger partial charge is 0.501 e. The molecule has 1 aliphatic heterocycles. The van der Waals surface area contributed by atoms with Gasteiger partial charge in [-0.25, -0.2) is 22.4 Å². The normalized spacial score (nSPS) is 17.9. The number of benzene rings is 4. The van der Waals surface area contributed by atoms with Gasteiger partial charge in [0.1, 0.15) is 35.7 Å². The Balaban J connectivity index is 1.25. The highest BCUT2D eigenvalue weighted by Crippen LogP contribution is 2.38. The van der Waals surface area contributed by atoms with E-state index in [-0.39, 0.29) is 52.0 Å². The number of alkyl halides is 3. The zero-order valence-electron chi connectivity index (χ0n) is 27.1. The first-order valence-electron chi connectivity index (χ1n) is 15.6. The van der Waals surface area contributed by atoms with E-state index in [9.17, 15) is 41.1 Å². The highest BCUT2D eigenvalue weighted by molar-refractivity contribution is 7.92. The Morgan fingerprint density at radius 1 is 0.923 bits per heavy atom. The first-order valence-corrected chi connectivity index (χ1v) is 17.1. The molecule has 0 aromatic heterocycles. The number of amides is 3. The van der Waals surface area contributed by atoms with E-state index in [1.165, 1.54) is 42.3 Å². The van der Waals surface area contributed by atoms with Gasteiger partial charge in [0, 0.05) is 23.2 Å². The standard InChI is InChI=1S/C36H29F4N3O8S/c1-50-31-18-29(37)26(21-11-13-30(28(15-21)34(45)46)51-19-20-6-3-2-4-7-20)17-27(31)33(44)42-32-22-10-12-24(14-22)43(32)35(47)41-23-8-5-9-25(16-23)52(48,49)36(38,39)40/h2-13,15-18,22,24,32H,14,19H2,1H3,(H,41,47)(H,42,44)(H,45,46). The second-order valence-corrected chi connectivity index (χ2v) is 13.8. The molecule has 16 heteroatoms. The summed E-state index contributed by atoms with van der Waals surface area (Å²) in [5.74, 6) is -3.40. The summed E-state index contributed by atoms with van der Waals surface area (Å²) in [6.07, 6.45) is 2.95. The molecular weight excluding hydrogens is 710 g/mol. The van der Waals surface area contributed by atoms with Crippen molar-refractivity contribution in [1.82, 2.24) is 10.2 Å². The number of carbonyl (C=O) groups is 3. The number of carboxylic acid groups (broad SMARTS) is 1. The molecule has 3 amide bonds. The van der Waals surface area contributed by atoms with E-state index in [2.05, 4.69) is 10.6 Å². The van der Waals surface area contributed by atoms with Crippen molar-refractivity contribution in [2.24, 2.45) is 5.92 Å². The molecule has 1 heterocycles. The van der Waals surface area contributed by atoms with Crippen LogP contribution in [0.5, 0.6) is 11.5 Å². The monoisotopic (exact) mass is 739 g/mol. The van der Waals surface area contributed by atoms with E-state index in [1.807, 2.05) is 18.2 Å². The molecule has 2 aliphatic rings. The molecule has 0 radical (unpaired) electrons. The van der Waals surface area contributed by atoms with Gasteiger partial charge >= 0.3 is 17.5 Å². The second kappa shape index (κ2) is 14.0. The van der Waals surface area contributed by atoms with Crippen molar-refractivity contribution < 1.29 is 54.9 Å². The number of hydrogen-bond acceptors (Lipinski definition) is 7. The van der Waals surface area contributed by atoms with Crippen LogP contribution in [0.1, 0.15) is 32.7 Å². The van der Waals surface area contributed by atoms with Gasteiger partial charge in [-0.1, -0.05) is 54.6 Å². The van der Waals surface area contributed by atoms with Crippen LogP contribution in [0.3, 0.4) is 0 Å². The minimum Gasteiger partial charge on any atom is -0.496 e. The Morgan fingerprint density at radius 2 is 1.67 bits per heavy atom. The minimum absolute atomic E-state index is 0.0448. The van der Waals surface area contributed by atoms with Crippen LogP contribution in [0.4, 0.5) is 28.0 Å². The summed E-state index contributed by atoms with van der Waals surface area (Å²) < 4.78 is 89.7. The molecule has 270 valence electrons. The predicted octanol–water partition coefficient (Wildman–Crippen LogP) is 6.62. The number of carboxylic acids is 1. The lowest BCUT2D eigenvalue weighted by Crippen LogP contribution is -2.54. The van der Waals surface area contributed by atoms with Crippen molar-refractivity contribution in [2.45, 2.75) is 35.6 Å². The lowest BCUT2D eigenvalue weighted by atomic mass is 9.98. The summed E-state index contributed by atoms with van der Waals surface area (Å²) >= 11 is 0. The molecule has 11 nitrogen and oxygen atoms in total. The van der Waals surface area contributed by atoms with E-state index >= 15 is 4.39 Å². The SMILES string of the molecule is COc1cc(F)c(-c2ccc(OCc3ccccc3)c(C(=O)O)c2)cc1C(=O)NC1C2C=CC(C2)N1C(=O)Nc1cccc(S(=O)(=O)C(F)(F)F)c1. The highest BCUT2D eigenvalue weighted by Gasteiger charge is 2.48. The van der Waals surface area contributed by atoms with Crippen LogP contribution in [0.15, 0.2) is 102 Å². The van der Waals surface area contributed by atoms with Gasteiger partial charge in [0.25, 0.3) is 15.7 Å². The van der Waals surface area contributed by atoms with E-state index < -0.39 is 56.2 Å². The maximum Gasteiger partial charge on any atom is 0.501 e. The van der Waals surface area contributed by atoms with Crippen molar-refractivity contribution in [3.05, 3.63) is 120 Å². The second-order valence-electron chi connectivity index (χ2n) is 11.9. The van der Waals surface area contributed by atoms with Gasteiger partial charge in [-0.05, 0) is 53.9 Å². The van der Waals surface area contributed by atoms with E-state index in [1.54, 1.807) is 24.3 Å². The molecule has 4 aromatic carbocycles. The van der Waals surface area contributed by atoms with Gasteiger partial charge in [0.05, 0.1) is 23.6 Å². The van der Waals surface area contributed by atoms with Crippen LogP contribution in [-0.2, 0) is 16.4 Å². The van der Waals surface area contributed by atoms with Gasteiger partial charge < -0.3 is 25.2 Å². The number of sulfone groups is 1. The number of likely N-dealkylation sites (tertiary alicyclic amines) is 1. The fourth-order valence-corrected chi connectivity index (χ4v) is 6.94. The Morgan fingerprint density at radius 3 is 2.37 bits per heavy atom. The van der Waals surface area contributed by atoms with E-state index in [0.717, 1.165) is 23.8 Å². The summed E-state index contributed by atoms with van der Waals surface area (Å²) in [4.78, 5) is 39.6. The summed E-state index contributed by atoms with van der Waals surface area (Å²) in [6, 6.07) is 17.6. The van der Waals surface area contributed by atoms with Gasteiger partial charge in [-0.15, -0.1) is 0 Å². The minimum atomic E-state index is -5.68. The topological polar surface area (TPSA) is 151 Å². The van der Waals surface area contributed by atoms with E-state index in [0.29, 0.717) is 12.5 Å². The van der Waals surface area contributed by atoms with Crippen LogP contribution in [0, 0.1) is 11.7 Å². The lowest BCUT2D eigenvalue weighted by molar-refractivity contribution is -0.0436. The molecule has 3 N–H and O–H groups in total. The summed E-state index contributed by atoms with van der Waals surface area (Å²) in [6.45, 7) is 0.0846. The number of ether oxygens (including phenoxy) is 2. The van der Waals surface area contributed by atoms with Gasteiger partial charge in [0.2, 0.25) is 0 Å². The molecular formula is C36H29F4N3O8S. The smallest absolute Gasteiger partial charge is 0.496 e. The molecule has 2 bridgehead atoms. The number of anilines is 1. The molecule has 3 unspecified atom stereocenters. The first-order chi connectivity index (χ1) is 24.7. The van der Waals surface area contributed by atoms with Crippen molar-refractivity contribution in [2.75, 3.05) is 12.4 Å². The van der Waals surface area contributed by atoms with Crippen molar-refractivity contribution >= 4 is 33.4 Å². The number of methoxy groups -OCH3 is 1. The molecule has 6 rings (SSSR count). The van der Waals surface area contributed by atoms with Crippen LogP contribution >= 0.6 is 0 Å². The van der Waals surface area contributed by atoms with Crippen LogP contribution in [-0.4, -0.2) is 61.2 Å². The third-order valence-corrected chi connectivity index (χ3v) is 10.1. The molecule has 1 saturated heterocycles. The highest BCUT2D eigenvalue weighted by atomic mass is 32.2. The maximum atomic E-state index is 15.5. The van der Waals surface area contributed by atoms with Crippen LogP contribution in [0.25, 0.3) is 11.1 Å². The number of nitrogens with zero attached hydrogens (tertiary/aromatic N) is 1.